The number of likely N-dealkylation sites (tertiary alicyclic amines) is 1. The number of anilines is 1. The lowest BCUT2D eigenvalue weighted by atomic mass is 9.71. The van der Waals surface area contributed by atoms with Crippen LogP contribution in [0.15, 0.2) is 24.0 Å². The number of carbonyl (C=O) groups excluding carboxylic acids is 2. The summed E-state index contributed by atoms with van der Waals surface area (Å²) < 4.78 is 33.2. The quantitative estimate of drug-likeness (QED) is 0.417. The van der Waals surface area contributed by atoms with Crippen molar-refractivity contribution in [2.24, 2.45) is 17.3 Å². The molecule has 3 aliphatic rings. The van der Waals surface area contributed by atoms with E-state index in [2.05, 4.69) is 25.4 Å². The van der Waals surface area contributed by atoms with Crippen molar-refractivity contribution in [1.82, 2.24) is 25.4 Å². The summed E-state index contributed by atoms with van der Waals surface area (Å²) in [6.07, 6.45) is 3.22. The van der Waals surface area contributed by atoms with Gasteiger partial charge in [-0.2, -0.15) is 5.10 Å². The van der Waals surface area contributed by atoms with E-state index in [4.69, 9.17) is 4.74 Å². The van der Waals surface area contributed by atoms with Gasteiger partial charge < -0.3 is 25.0 Å². The van der Waals surface area contributed by atoms with E-state index < -0.39 is 35.0 Å². The van der Waals surface area contributed by atoms with Gasteiger partial charge in [-0.15, -0.1) is 11.3 Å². The molecular weight excluding hydrogens is 542 g/mol. The number of nitrogens with one attached hydrogen (secondary N) is 2. The molecule has 0 aromatic carbocycles. The molecule has 2 aromatic rings. The lowest BCUT2D eigenvalue weighted by Crippen LogP contribution is -2.65. The van der Waals surface area contributed by atoms with E-state index in [9.17, 15) is 23.5 Å². The minimum absolute atomic E-state index is 0.0210. The van der Waals surface area contributed by atoms with Crippen molar-refractivity contribution in [2.75, 3.05) is 37.7 Å². The van der Waals surface area contributed by atoms with Crippen LogP contribution in [0.1, 0.15) is 56.1 Å². The fraction of sp³-hybridized carbons (Fsp3) is 0.704. The van der Waals surface area contributed by atoms with Crippen molar-refractivity contribution in [2.45, 2.75) is 70.1 Å². The van der Waals surface area contributed by atoms with Gasteiger partial charge in [0.05, 0.1) is 35.4 Å². The van der Waals surface area contributed by atoms with Gasteiger partial charge in [0.1, 0.15) is 10.7 Å². The zero-order chi connectivity index (χ0) is 28.7. The second kappa shape index (κ2) is 11.0. The summed E-state index contributed by atoms with van der Waals surface area (Å²) in [4.78, 5) is 35.4. The van der Waals surface area contributed by atoms with Crippen LogP contribution in [-0.4, -0.2) is 93.5 Å². The Kier molecular flexibility index (Phi) is 7.92. The number of nitrogens with zero attached hydrogens (tertiary/aromatic N) is 4. The van der Waals surface area contributed by atoms with Crippen molar-refractivity contribution >= 4 is 29.0 Å². The van der Waals surface area contributed by atoms with Gasteiger partial charge in [0.15, 0.2) is 0 Å². The first kappa shape index (κ1) is 28.9. The average molecular weight is 581 g/mol. The third-order valence-electron chi connectivity index (χ3n) is 8.68. The molecule has 3 N–H and O–H groups in total. The number of aliphatic hydroxyl groups is 1. The molecule has 2 saturated heterocycles. The number of hydrogen-bond acceptors (Lipinski definition) is 8. The first-order valence-electron chi connectivity index (χ1n) is 13.8. The van der Waals surface area contributed by atoms with E-state index in [1.54, 1.807) is 43.6 Å². The topological polar surface area (TPSA) is 124 Å². The van der Waals surface area contributed by atoms with E-state index in [0.717, 1.165) is 5.82 Å². The fourth-order valence-electron chi connectivity index (χ4n) is 6.36. The van der Waals surface area contributed by atoms with E-state index in [-0.39, 0.29) is 37.1 Å². The van der Waals surface area contributed by atoms with Crippen LogP contribution in [0.3, 0.4) is 0 Å². The number of ether oxygens (including phenoxy) is 1. The summed E-state index contributed by atoms with van der Waals surface area (Å²) in [5, 5.41) is 21.1. The molecule has 10 nitrogen and oxygen atoms in total. The van der Waals surface area contributed by atoms with Crippen LogP contribution < -0.4 is 10.2 Å². The van der Waals surface area contributed by atoms with Gasteiger partial charge in [-0.05, 0) is 39.5 Å². The number of thiazole rings is 1. The van der Waals surface area contributed by atoms with Crippen LogP contribution in [0.2, 0.25) is 0 Å². The predicted octanol–water partition coefficient (Wildman–Crippen LogP) is 2.93. The van der Waals surface area contributed by atoms with Crippen LogP contribution in [0.25, 0.3) is 0 Å². The van der Waals surface area contributed by atoms with Gasteiger partial charge in [-0.25, -0.2) is 8.78 Å². The average Bonchev–Trinajstić information content (AvgIpc) is 3.64. The van der Waals surface area contributed by atoms with Gasteiger partial charge in [-0.1, -0.05) is 0 Å². The SMILES string of the molecule is C[C@@H](OCC1CCC(F)(F)CC1)[C@H](NC(=O)[C@@H]1CN(C(=O)c2cncs2)CC12CN(c1cc[nH]n1)C2)C(C)(C)O. The maximum atomic E-state index is 13.9. The predicted molar refractivity (Wildman–Crippen MR) is 145 cm³/mol. The number of aromatic nitrogens is 3. The lowest BCUT2D eigenvalue weighted by Gasteiger charge is -2.50. The van der Waals surface area contributed by atoms with Crippen LogP contribution in [0.4, 0.5) is 14.6 Å². The number of amides is 2. The van der Waals surface area contributed by atoms with Crippen molar-refractivity contribution in [3.8, 4) is 0 Å². The molecule has 2 aromatic heterocycles. The number of carbonyl (C=O) groups is 2. The van der Waals surface area contributed by atoms with E-state index in [1.165, 1.54) is 11.3 Å². The number of hydrogen-bond donors (Lipinski definition) is 3. The first-order chi connectivity index (χ1) is 18.9. The fourth-order valence-corrected chi connectivity index (χ4v) is 6.95. The lowest BCUT2D eigenvalue weighted by molar-refractivity contribution is -0.134. The zero-order valence-corrected chi connectivity index (χ0v) is 23.9. The molecule has 2 aliphatic heterocycles. The molecule has 13 heteroatoms. The summed E-state index contributed by atoms with van der Waals surface area (Å²) in [5.41, 5.74) is -0.162. The Bertz CT molecular complexity index is 1160. The summed E-state index contributed by atoms with van der Waals surface area (Å²) in [7, 11) is 0. The Labute approximate surface area is 236 Å². The van der Waals surface area contributed by atoms with Crippen LogP contribution in [-0.2, 0) is 9.53 Å². The molecule has 1 saturated carbocycles. The minimum atomic E-state index is -2.60. The first-order valence-corrected chi connectivity index (χ1v) is 14.7. The molecule has 5 rings (SSSR count). The third kappa shape index (κ3) is 6.01. The summed E-state index contributed by atoms with van der Waals surface area (Å²) >= 11 is 1.27. The molecule has 3 atom stereocenters. The number of alkyl halides is 2. The highest BCUT2D eigenvalue weighted by Crippen LogP contribution is 2.46. The molecule has 220 valence electrons. The molecule has 1 aliphatic carbocycles. The summed E-state index contributed by atoms with van der Waals surface area (Å²) in [5.74, 6) is -2.70. The Morgan fingerprint density at radius 3 is 2.62 bits per heavy atom. The molecule has 0 radical (unpaired) electrons. The van der Waals surface area contributed by atoms with Crippen molar-refractivity contribution in [3.63, 3.8) is 0 Å². The van der Waals surface area contributed by atoms with Gasteiger partial charge in [0.25, 0.3) is 5.91 Å². The van der Waals surface area contributed by atoms with Gasteiger partial charge >= 0.3 is 0 Å². The normalized spacial score (nSPS) is 24.1. The number of halogens is 2. The Morgan fingerprint density at radius 1 is 1.30 bits per heavy atom. The minimum Gasteiger partial charge on any atom is -0.388 e. The Morgan fingerprint density at radius 2 is 2.02 bits per heavy atom. The molecule has 4 heterocycles. The molecule has 40 heavy (non-hydrogen) atoms. The molecular formula is C27H38F2N6O4S. The number of aromatic amines is 1. The zero-order valence-electron chi connectivity index (χ0n) is 23.1. The third-order valence-corrected chi connectivity index (χ3v) is 9.44. The van der Waals surface area contributed by atoms with Crippen molar-refractivity contribution in [1.29, 1.82) is 0 Å². The molecule has 3 fully saturated rings. The summed E-state index contributed by atoms with van der Waals surface area (Å²) in [6, 6.07) is 1.13. The smallest absolute Gasteiger partial charge is 0.265 e. The molecule has 1 spiro atoms. The van der Waals surface area contributed by atoms with Gasteiger partial charge in [0.2, 0.25) is 11.8 Å². The van der Waals surface area contributed by atoms with Gasteiger partial charge in [-0.3, -0.25) is 19.7 Å². The highest BCUT2D eigenvalue weighted by molar-refractivity contribution is 7.11. The van der Waals surface area contributed by atoms with E-state index >= 15 is 0 Å². The second-order valence-electron chi connectivity index (χ2n) is 12.2. The highest BCUT2D eigenvalue weighted by Gasteiger charge is 2.58. The Hall–Kier alpha value is -2.64. The monoisotopic (exact) mass is 580 g/mol. The van der Waals surface area contributed by atoms with Crippen molar-refractivity contribution in [3.05, 3.63) is 28.8 Å². The molecule has 0 bridgehead atoms. The van der Waals surface area contributed by atoms with E-state index in [1.807, 2.05) is 6.07 Å². The van der Waals surface area contributed by atoms with Crippen molar-refractivity contribution < 1.29 is 28.2 Å². The van der Waals surface area contributed by atoms with E-state index in [0.29, 0.717) is 44.0 Å². The number of H-pyrrole nitrogens is 1. The van der Waals surface area contributed by atoms with Crippen LogP contribution in [0.5, 0.6) is 0 Å². The Balaban J connectivity index is 1.27. The van der Waals surface area contributed by atoms with Crippen LogP contribution >= 0.6 is 11.3 Å². The van der Waals surface area contributed by atoms with Gasteiger partial charge in [0, 0.05) is 63.3 Å². The second-order valence-corrected chi connectivity index (χ2v) is 13.1. The highest BCUT2D eigenvalue weighted by atomic mass is 32.1. The standard InChI is InChI=1S/C27H38F2N6O4S/c1-17(39-12-18-4-7-27(28,29)8-5-18)22(25(2,3)38)32-23(36)19-11-34(24(37)20-10-30-16-40-20)13-26(19)14-35(15-26)21-6-9-31-33-21/h6,9-10,16-19,22,38H,4-5,7-8,11-15H2,1-3H3,(H,31,33)(H,32,36)/t17-,19+,22+/m1/s1. The largest absolute Gasteiger partial charge is 0.388 e. The summed E-state index contributed by atoms with van der Waals surface area (Å²) in [6.45, 7) is 7.12. The maximum absolute atomic E-state index is 13.9. The number of rotatable bonds is 9. The maximum Gasteiger partial charge on any atom is 0.265 e. The van der Waals surface area contributed by atoms with Crippen LogP contribution in [0, 0.1) is 17.3 Å². The molecule has 2 amide bonds. The molecule has 0 unspecified atom stereocenters.